The van der Waals surface area contributed by atoms with E-state index in [9.17, 15) is 4.79 Å². The molecule has 1 saturated carbocycles. The number of hydrogen-bond donors (Lipinski definition) is 0. The van der Waals surface area contributed by atoms with Crippen molar-refractivity contribution in [1.82, 2.24) is 4.90 Å². The maximum Gasteiger partial charge on any atom is 0.253 e. The topological polar surface area (TPSA) is 20.3 Å². The van der Waals surface area contributed by atoms with Crippen LogP contribution >= 0.6 is 15.9 Å². The van der Waals surface area contributed by atoms with Gasteiger partial charge in [-0.3, -0.25) is 4.79 Å². The van der Waals surface area contributed by atoms with Gasteiger partial charge >= 0.3 is 0 Å². The van der Waals surface area contributed by atoms with Gasteiger partial charge in [0.25, 0.3) is 5.91 Å². The van der Waals surface area contributed by atoms with E-state index in [1.54, 1.807) is 0 Å². The number of halogens is 1. The molecule has 20 heavy (non-hydrogen) atoms. The number of carbonyl (C=O) groups is 1. The van der Waals surface area contributed by atoms with Gasteiger partial charge in [0.15, 0.2) is 0 Å². The summed E-state index contributed by atoms with van der Waals surface area (Å²) >= 11 is 3.47. The molecule has 3 heteroatoms. The number of nitrogens with zero attached hydrogens (tertiary/aromatic N) is 1. The Morgan fingerprint density at radius 1 is 1.20 bits per heavy atom. The lowest BCUT2D eigenvalue weighted by molar-refractivity contribution is 0.0745. The summed E-state index contributed by atoms with van der Waals surface area (Å²) in [6, 6.07) is 12.1. The molecule has 1 amide bonds. The molecule has 2 nitrogen and oxygen atoms in total. The third-order valence-electron chi connectivity index (χ3n) is 4.15. The van der Waals surface area contributed by atoms with Crippen LogP contribution in [-0.2, 0) is 0 Å². The fourth-order valence-corrected chi connectivity index (χ4v) is 3.09. The Morgan fingerprint density at radius 3 is 2.60 bits per heavy atom. The average molecular weight is 332 g/mol. The van der Waals surface area contributed by atoms with Crippen LogP contribution in [0.3, 0.4) is 0 Å². The molecule has 1 fully saturated rings. The fraction of sp³-hybridized carbons (Fsp3) is 0.353. The summed E-state index contributed by atoms with van der Waals surface area (Å²) in [7, 11) is 1.91. The van der Waals surface area contributed by atoms with Crippen molar-refractivity contribution >= 4 is 32.6 Å². The highest BCUT2D eigenvalue weighted by Crippen LogP contribution is 2.27. The van der Waals surface area contributed by atoms with Crippen molar-refractivity contribution in [3.63, 3.8) is 0 Å². The van der Waals surface area contributed by atoms with Crippen molar-refractivity contribution < 1.29 is 4.79 Å². The Balaban J connectivity index is 1.81. The van der Waals surface area contributed by atoms with Crippen molar-refractivity contribution in [2.75, 3.05) is 13.6 Å². The minimum atomic E-state index is 0.127. The molecule has 2 aromatic carbocycles. The number of hydrogen-bond acceptors (Lipinski definition) is 1. The van der Waals surface area contributed by atoms with Crippen molar-refractivity contribution in [3.05, 3.63) is 46.4 Å². The second-order valence-electron chi connectivity index (χ2n) is 5.69. The van der Waals surface area contributed by atoms with Crippen LogP contribution in [0.5, 0.6) is 0 Å². The SMILES string of the molecule is CN(CC1CCC1)C(=O)c1ccc2cc(Br)ccc2c1. The van der Waals surface area contributed by atoms with Crippen LogP contribution in [0.1, 0.15) is 29.6 Å². The third kappa shape index (κ3) is 2.73. The van der Waals surface area contributed by atoms with Crippen LogP contribution < -0.4 is 0 Å². The molecule has 1 aliphatic rings. The summed E-state index contributed by atoms with van der Waals surface area (Å²) < 4.78 is 1.06. The van der Waals surface area contributed by atoms with E-state index in [1.165, 1.54) is 19.3 Å². The molecule has 3 rings (SSSR count). The van der Waals surface area contributed by atoms with E-state index in [1.807, 2.05) is 42.3 Å². The summed E-state index contributed by atoms with van der Waals surface area (Å²) in [5, 5.41) is 2.26. The van der Waals surface area contributed by atoms with Gasteiger partial charge < -0.3 is 4.90 Å². The second-order valence-corrected chi connectivity index (χ2v) is 6.60. The van der Waals surface area contributed by atoms with Gasteiger partial charge in [0.05, 0.1) is 0 Å². The standard InChI is InChI=1S/C17H18BrNO/c1-19(11-12-3-2-4-12)17(20)15-6-5-14-10-16(18)8-7-13(14)9-15/h5-10,12H,2-4,11H2,1H3. The predicted octanol–water partition coefficient (Wildman–Crippen LogP) is 4.47. The molecule has 0 bridgehead atoms. The zero-order chi connectivity index (χ0) is 14.1. The molecule has 0 radical (unpaired) electrons. The molecule has 0 unspecified atom stereocenters. The Morgan fingerprint density at radius 2 is 1.90 bits per heavy atom. The van der Waals surface area contributed by atoms with Gasteiger partial charge in [-0.2, -0.15) is 0 Å². The van der Waals surface area contributed by atoms with Crippen molar-refractivity contribution in [2.24, 2.45) is 5.92 Å². The third-order valence-corrected chi connectivity index (χ3v) is 4.65. The number of carbonyl (C=O) groups excluding carboxylic acids is 1. The summed E-state index contributed by atoms with van der Waals surface area (Å²) in [5.74, 6) is 0.835. The highest BCUT2D eigenvalue weighted by Gasteiger charge is 2.22. The molecule has 0 aliphatic heterocycles. The number of rotatable bonds is 3. The van der Waals surface area contributed by atoms with Gasteiger partial charge in [0.2, 0.25) is 0 Å². The summed E-state index contributed by atoms with van der Waals surface area (Å²) in [5.41, 5.74) is 0.779. The molecular formula is C17H18BrNO. The van der Waals surface area contributed by atoms with Crippen LogP contribution in [0.2, 0.25) is 0 Å². The van der Waals surface area contributed by atoms with Crippen molar-refractivity contribution in [3.8, 4) is 0 Å². The normalized spacial score (nSPS) is 15.1. The average Bonchev–Trinajstić information content (AvgIpc) is 2.41. The van der Waals surface area contributed by atoms with E-state index >= 15 is 0 Å². The summed E-state index contributed by atoms with van der Waals surface area (Å²) in [6.07, 6.45) is 3.85. The van der Waals surface area contributed by atoms with Gasteiger partial charge in [-0.1, -0.05) is 34.5 Å². The van der Waals surface area contributed by atoms with E-state index in [0.717, 1.165) is 27.4 Å². The Kier molecular flexibility index (Phi) is 3.79. The Bertz CT molecular complexity index is 648. The number of fused-ring (bicyclic) bond motifs is 1. The van der Waals surface area contributed by atoms with Crippen molar-refractivity contribution in [2.45, 2.75) is 19.3 Å². The first-order valence-electron chi connectivity index (χ1n) is 7.08. The number of amides is 1. The molecule has 0 heterocycles. The molecule has 0 aromatic heterocycles. The van der Waals surface area contributed by atoms with Crippen molar-refractivity contribution in [1.29, 1.82) is 0 Å². The van der Waals surface area contributed by atoms with Gasteiger partial charge in [0.1, 0.15) is 0 Å². The highest BCUT2D eigenvalue weighted by molar-refractivity contribution is 9.10. The zero-order valence-corrected chi connectivity index (χ0v) is 13.2. The summed E-state index contributed by atoms with van der Waals surface area (Å²) in [6.45, 7) is 0.886. The van der Waals surface area contributed by atoms with Gasteiger partial charge in [0, 0.05) is 23.6 Å². The quantitative estimate of drug-likeness (QED) is 0.812. The fourth-order valence-electron chi connectivity index (χ4n) is 2.72. The first-order valence-corrected chi connectivity index (χ1v) is 7.87. The molecule has 0 atom stereocenters. The predicted molar refractivity (Wildman–Crippen MR) is 85.9 cm³/mol. The molecule has 1 aliphatic carbocycles. The van der Waals surface area contributed by atoms with Crippen LogP contribution in [-0.4, -0.2) is 24.4 Å². The lowest BCUT2D eigenvalue weighted by Crippen LogP contribution is -2.34. The van der Waals surface area contributed by atoms with E-state index in [-0.39, 0.29) is 5.91 Å². The molecule has 0 saturated heterocycles. The molecule has 0 N–H and O–H groups in total. The summed E-state index contributed by atoms with van der Waals surface area (Å²) in [4.78, 5) is 14.3. The van der Waals surface area contributed by atoms with E-state index in [4.69, 9.17) is 0 Å². The van der Waals surface area contributed by atoms with Gasteiger partial charge in [-0.25, -0.2) is 0 Å². The smallest absolute Gasteiger partial charge is 0.253 e. The largest absolute Gasteiger partial charge is 0.341 e. The van der Waals surface area contributed by atoms with Crippen LogP contribution in [0.15, 0.2) is 40.9 Å². The monoisotopic (exact) mass is 331 g/mol. The molecular weight excluding hydrogens is 314 g/mol. The number of benzene rings is 2. The molecule has 2 aromatic rings. The highest BCUT2D eigenvalue weighted by atomic mass is 79.9. The van der Waals surface area contributed by atoms with Crippen LogP contribution in [0.4, 0.5) is 0 Å². The minimum Gasteiger partial charge on any atom is -0.341 e. The molecule has 0 spiro atoms. The van der Waals surface area contributed by atoms with E-state index in [2.05, 4.69) is 22.0 Å². The first kappa shape index (κ1) is 13.6. The zero-order valence-electron chi connectivity index (χ0n) is 11.6. The van der Waals surface area contributed by atoms with Crippen LogP contribution in [0, 0.1) is 5.92 Å². The van der Waals surface area contributed by atoms with Gasteiger partial charge in [-0.05, 0) is 53.8 Å². The lowest BCUT2D eigenvalue weighted by atomic mass is 9.85. The second kappa shape index (κ2) is 5.57. The first-order chi connectivity index (χ1) is 9.63. The van der Waals surface area contributed by atoms with E-state index in [0.29, 0.717) is 5.92 Å². The Hall–Kier alpha value is -1.35. The Labute approximate surface area is 127 Å². The van der Waals surface area contributed by atoms with Crippen LogP contribution in [0.25, 0.3) is 10.8 Å². The van der Waals surface area contributed by atoms with Gasteiger partial charge in [-0.15, -0.1) is 0 Å². The van der Waals surface area contributed by atoms with E-state index < -0.39 is 0 Å². The maximum atomic E-state index is 12.4. The maximum absolute atomic E-state index is 12.4. The lowest BCUT2D eigenvalue weighted by Gasteiger charge is -2.30. The molecule has 104 valence electrons. The minimum absolute atomic E-state index is 0.127.